The van der Waals surface area contributed by atoms with Crippen molar-refractivity contribution in [2.24, 2.45) is 5.92 Å². The number of nitrogens with zero attached hydrogens (tertiary/aromatic N) is 1. The third-order valence-corrected chi connectivity index (χ3v) is 14.8. The summed E-state index contributed by atoms with van der Waals surface area (Å²) in [6, 6.07) is 1.29. The summed E-state index contributed by atoms with van der Waals surface area (Å²) in [5.74, 6) is 0.523. The van der Waals surface area contributed by atoms with E-state index in [2.05, 4.69) is 24.1 Å². The fraction of sp³-hybridized carbons (Fsp3) is 1.00. The second-order valence-corrected chi connectivity index (χ2v) is 19.4. The van der Waals surface area contributed by atoms with E-state index in [0.29, 0.717) is 63.9 Å². The zero-order valence-corrected chi connectivity index (χ0v) is 35.5. The van der Waals surface area contributed by atoms with Crippen molar-refractivity contribution in [2.75, 3.05) is 115 Å². The van der Waals surface area contributed by atoms with E-state index in [1.54, 1.807) is 42.7 Å². The van der Waals surface area contributed by atoms with E-state index in [-0.39, 0.29) is 19.8 Å². The molecule has 0 aromatic carbocycles. The molecule has 0 spiro atoms. The van der Waals surface area contributed by atoms with Crippen molar-refractivity contribution in [3.8, 4) is 0 Å². The SMILES string of the molecule is CCCCC(CC)COCC(O)CN(CCCCCCNCC(O)COCCC[Si](OC)(OC)OC)CC(O)COCCC[Si-](OC)(OC)OC. The summed E-state index contributed by atoms with van der Waals surface area (Å²) in [6.07, 6.45) is 8.17. The van der Waals surface area contributed by atoms with Crippen LogP contribution in [-0.4, -0.2) is 171 Å². The number of unbranched alkanes of at least 4 members (excludes halogenated alkanes) is 4. The van der Waals surface area contributed by atoms with Gasteiger partial charge in [-0.15, -0.1) is 0 Å². The Morgan fingerprint density at radius 2 is 1.22 bits per heavy atom. The lowest BCUT2D eigenvalue weighted by Crippen LogP contribution is -2.43. The molecule has 14 nitrogen and oxygen atoms in total. The van der Waals surface area contributed by atoms with Crippen LogP contribution in [0.25, 0.3) is 0 Å². The van der Waals surface area contributed by atoms with Gasteiger partial charge in [0.25, 0.3) is 8.80 Å². The first-order chi connectivity index (χ1) is 24.6. The lowest BCUT2D eigenvalue weighted by atomic mass is 10.0. The van der Waals surface area contributed by atoms with E-state index in [4.69, 9.17) is 40.8 Å². The summed E-state index contributed by atoms with van der Waals surface area (Å²) in [6.45, 7) is 9.70. The van der Waals surface area contributed by atoms with Crippen LogP contribution in [0.2, 0.25) is 12.1 Å². The van der Waals surface area contributed by atoms with Crippen LogP contribution in [0.5, 0.6) is 0 Å². The van der Waals surface area contributed by atoms with Crippen molar-refractivity contribution in [2.45, 2.75) is 108 Å². The quantitative estimate of drug-likeness (QED) is 0.0533. The molecule has 0 saturated heterocycles. The van der Waals surface area contributed by atoms with Gasteiger partial charge in [-0.1, -0.05) is 58.4 Å². The second kappa shape index (κ2) is 33.2. The molecule has 0 aromatic heterocycles. The third kappa shape index (κ3) is 25.6. The third-order valence-electron chi connectivity index (χ3n) is 9.13. The van der Waals surface area contributed by atoms with Crippen LogP contribution in [0, 0.1) is 5.92 Å². The molecule has 0 saturated carbocycles. The first-order valence-electron chi connectivity index (χ1n) is 19.1. The highest BCUT2D eigenvalue weighted by molar-refractivity contribution is 6.60. The number of hydrogen-bond acceptors (Lipinski definition) is 14. The highest BCUT2D eigenvalue weighted by Crippen LogP contribution is 2.16. The van der Waals surface area contributed by atoms with E-state index in [1.807, 2.05) is 0 Å². The Labute approximate surface area is 312 Å². The maximum Gasteiger partial charge on any atom is 0.500 e. The maximum absolute atomic E-state index is 10.8. The van der Waals surface area contributed by atoms with Gasteiger partial charge in [0.2, 0.25) is 0 Å². The first kappa shape index (κ1) is 50.9. The van der Waals surface area contributed by atoms with Gasteiger partial charge < -0.3 is 61.4 Å². The van der Waals surface area contributed by atoms with Gasteiger partial charge >= 0.3 is 8.80 Å². The molecule has 0 amide bonds. The Bertz CT molecular complexity index is 743. The lowest BCUT2D eigenvalue weighted by molar-refractivity contribution is -0.0165. The summed E-state index contributed by atoms with van der Waals surface area (Å²) < 4.78 is 49.9. The van der Waals surface area contributed by atoms with E-state index >= 15 is 0 Å². The molecular formula is C35H78N2O12Si2-. The zero-order chi connectivity index (χ0) is 38.2. The van der Waals surface area contributed by atoms with Gasteiger partial charge in [-0.05, 0) is 66.0 Å². The molecule has 0 aliphatic carbocycles. The van der Waals surface area contributed by atoms with Crippen molar-refractivity contribution < 1.29 is 56.1 Å². The number of rotatable bonds is 39. The van der Waals surface area contributed by atoms with E-state index in [0.717, 1.165) is 58.0 Å². The van der Waals surface area contributed by atoms with Gasteiger partial charge in [0.1, 0.15) is 0 Å². The molecule has 0 rings (SSSR count). The molecule has 16 heteroatoms. The molecule has 0 aliphatic heterocycles. The summed E-state index contributed by atoms with van der Waals surface area (Å²) in [5, 5.41) is 35.1. The highest BCUT2D eigenvalue weighted by atomic mass is 28.4. The monoisotopic (exact) mass is 775 g/mol. The molecule has 51 heavy (non-hydrogen) atoms. The van der Waals surface area contributed by atoms with Crippen molar-refractivity contribution in [1.82, 2.24) is 10.2 Å². The normalized spacial score (nSPS) is 15.1. The molecule has 4 atom stereocenters. The van der Waals surface area contributed by atoms with Gasteiger partial charge in [-0.2, -0.15) is 0 Å². The first-order valence-corrected chi connectivity index (χ1v) is 23.0. The Hall–Kier alpha value is -0.126. The maximum atomic E-state index is 10.8. The standard InChI is InChI=1S/C35H78N2O12Si2/c1-9-11-18-32(10-2)28-49-31-35(40)27-37(26-34(39)30-48-22-17-24-51(44-6,45-7)46-8)20-15-13-12-14-19-36-25-33(38)29-47-21-16-23-50(41-3,42-4)43-5/h32-36,38-40H,9-31H2,1-8H3/q-1. The van der Waals surface area contributed by atoms with Gasteiger partial charge in [0, 0.05) is 66.8 Å². The molecule has 0 bridgehead atoms. The minimum atomic E-state index is -2.64. The van der Waals surface area contributed by atoms with Crippen LogP contribution < -0.4 is 5.32 Å². The topological polar surface area (TPSA) is 159 Å². The number of aliphatic hydroxyl groups excluding tert-OH is 3. The molecule has 0 radical (unpaired) electrons. The van der Waals surface area contributed by atoms with Crippen molar-refractivity contribution in [1.29, 1.82) is 0 Å². The lowest BCUT2D eigenvalue weighted by Gasteiger charge is -2.38. The van der Waals surface area contributed by atoms with E-state index < -0.39 is 35.9 Å². The summed E-state index contributed by atoms with van der Waals surface area (Å²) in [5.41, 5.74) is 0. The van der Waals surface area contributed by atoms with Crippen molar-refractivity contribution in [3.05, 3.63) is 0 Å². The average Bonchev–Trinajstić information content (AvgIpc) is 3.14. The van der Waals surface area contributed by atoms with Crippen molar-refractivity contribution >= 4 is 17.6 Å². The molecule has 0 fully saturated rings. The molecule has 309 valence electrons. The predicted octanol–water partition coefficient (Wildman–Crippen LogP) is 3.32. The number of ether oxygens (including phenoxy) is 3. The van der Waals surface area contributed by atoms with Gasteiger partial charge in [0.15, 0.2) is 0 Å². The number of nitrogens with one attached hydrogen (secondary N) is 1. The van der Waals surface area contributed by atoms with Crippen LogP contribution in [-0.2, 0) is 40.8 Å². The van der Waals surface area contributed by atoms with Gasteiger partial charge in [-0.3, -0.25) is 4.90 Å². The van der Waals surface area contributed by atoms with E-state index in [1.165, 1.54) is 12.8 Å². The molecule has 0 aliphatic rings. The average molecular weight is 775 g/mol. The van der Waals surface area contributed by atoms with Gasteiger partial charge in [0.05, 0.1) is 38.1 Å². The minimum Gasteiger partial charge on any atom is -0.527 e. The fourth-order valence-corrected chi connectivity index (χ4v) is 9.21. The molecule has 0 aromatic rings. The Morgan fingerprint density at radius 1 is 0.647 bits per heavy atom. The van der Waals surface area contributed by atoms with Crippen molar-refractivity contribution in [3.63, 3.8) is 0 Å². The van der Waals surface area contributed by atoms with E-state index in [9.17, 15) is 15.3 Å². The summed E-state index contributed by atoms with van der Waals surface area (Å²) >= 11 is 0. The Balaban J connectivity index is 4.51. The number of aliphatic hydroxyl groups is 3. The van der Waals surface area contributed by atoms with Crippen LogP contribution in [0.3, 0.4) is 0 Å². The smallest absolute Gasteiger partial charge is 0.500 e. The van der Waals surface area contributed by atoms with Crippen LogP contribution in [0.15, 0.2) is 0 Å². The van der Waals surface area contributed by atoms with Gasteiger partial charge in [-0.25, -0.2) is 0 Å². The van der Waals surface area contributed by atoms with Crippen LogP contribution in [0.4, 0.5) is 0 Å². The second-order valence-electron chi connectivity index (χ2n) is 13.2. The molecule has 0 heterocycles. The molecule has 4 unspecified atom stereocenters. The number of hydrogen-bond donors (Lipinski definition) is 4. The molecule has 4 N–H and O–H groups in total. The largest absolute Gasteiger partial charge is 0.527 e. The minimum absolute atomic E-state index is 0.209. The predicted molar refractivity (Wildman–Crippen MR) is 204 cm³/mol. The summed E-state index contributed by atoms with van der Waals surface area (Å²) in [4.78, 5) is 2.12. The highest BCUT2D eigenvalue weighted by Gasteiger charge is 2.36. The van der Waals surface area contributed by atoms with Crippen LogP contribution in [0.1, 0.15) is 78.1 Å². The Morgan fingerprint density at radius 3 is 1.78 bits per heavy atom. The molecular weight excluding hydrogens is 697 g/mol. The summed E-state index contributed by atoms with van der Waals surface area (Å²) in [7, 11) is 4.35. The van der Waals surface area contributed by atoms with Crippen LogP contribution >= 0.6 is 0 Å². The Kier molecular flexibility index (Phi) is 33.1. The fourth-order valence-electron chi connectivity index (χ4n) is 5.83. The zero-order valence-electron chi connectivity index (χ0n) is 33.5.